The average molecular weight is 377 g/mol. The number of carbonyl (C=O) groups is 1. The van der Waals surface area contributed by atoms with Gasteiger partial charge in [-0.2, -0.15) is 0 Å². The van der Waals surface area contributed by atoms with Gasteiger partial charge in [0.15, 0.2) is 5.13 Å². The molecule has 0 aliphatic carbocycles. The predicted octanol–water partition coefficient (Wildman–Crippen LogP) is 3.05. The molecule has 3 rings (SSSR count). The molecule has 0 bridgehead atoms. The van der Waals surface area contributed by atoms with Gasteiger partial charge in [-0.15, -0.1) is 11.3 Å². The lowest BCUT2D eigenvalue weighted by atomic mass is 10.1. The Kier molecular flexibility index (Phi) is 4.60. The molecule has 3 aromatic rings. The number of aromatic nitrogens is 1. The first kappa shape index (κ1) is 17.2. The fourth-order valence-electron chi connectivity index (χ4n) is 2.06. The van der Waals surface area contributed by atoms with Crippen molar-refractivity contribution in [1.82, 2.24) is 4.98 Å². The third-order valence-corrected chi connectivity index (χ3v) is 5.50. The highest BCUT2D eigenvalue weighted by atomic mass is 32.2. The van der Waals surface area contributed by atoms with Crippen molar-refractivity contribution in [1.29, 1.82) is 0 Å². The first-order chi connectivity index (χ1) is 11.8. The Hall–Kier alpha value is -2.65. The highest BCUT2D eigenvalue weighted by molar-refractivity contribution is 7.92. The second kappa shape index (κ2) is 6.69. The molecule has 1 amide bonds. The second-order valence-corrected chi connectivity index (χ2v) is 8.15. The largest absolute Gasteiger partial charge is 0.472 e. The van der Waals surface area contributed by atoms with Crippen LogP contribution in [0.15, 0.2) is 52.7 Å². The van der Waals surface area contributed by atoms with E-state index < -0.39 is 10.0 Å². The molecular formula is C16H15N3O4S2. The molecular weight excluding hydrogens is 362 g/mol. The number of thiazole rings is 1. The molecule has 130 valence electrons. The van der Waals surface area contributed by atoms with Gasteiger partial charge in [-0.25, -0.2) is 13.4 Å². The van der Waals surface area contributed by atoms with E-state index in [0.29, 0.717) is 22.1 Å². The maximum absolute atomic E-state index is 12.0. The standard InChI is InChI=1S/C16H15N3O4S2/c1-19(25(2,21)22)13-5-3-11(4-6-13)14-10-24-16(17-14)18-15(20)12-7-8-23-9-12/h3-10H,1-2H3,(H,17,18,20). The van der Waals surface area contributed by atoms with Crippen LogP contribution in [0.5, 0.6) is 0 Å². The molecule has 2 aromatic heterocycles. The zero-order valence-corrected chi connectivity index (χ0v) is 15.1. The summed E-state index contributed by atoms with van der Waals surface area (Å²) >= 11 is 1.30. The minimum atomic E-state index is -3.30. The Labute approximate surface area is 149 Å². The van der Waals surface area contributed by atoms with Gasteiger partial charge in [-0.1, -0.05) is 12.1 Å². The molecule has 2 heterocycles. The van der Waals surface area contributed by atoms with Crippen molar-refractivity contribution in [2.24, 2.45) is 0 Å². The quantitative estimate of drug-likeness (QED) is 0.738. The van der Waals surface area contributed by atoms with Gasteiger partial charge in [0, 0.05) is 18.0 Å². The van der Waals surface area contributed by atoms with E-state index in [0.717, 1.165) is 11.8 Å². The van der Waals surface area contributed by atoms with Crippen LogP contribution in [-0.2, 0) is 10.0 Å². The van der Waals surface area contributed by atoms with Crippen molar-refractivity contribution < 1.29 is 17.6 Å². The Balaban J connectivity index is 1.75. The number of amides is 1. The summed E-state index contributed by atoms with van der Waals surface area (Å²) in [6.07, 6.45) is 3.94. The SMILES string of the molecule is CN(c1ccc(-c2csc(NC(=O)c3ccoc3)n2)cc1)S(C)(=O)=O. The summed E-state index contributed by atoms with van der Waals surface area (Å²) in [4.78, 5) is 16.3. The maximum atomic E-state index is 12.0. The van der Waals surface area contributed by atoms with Crippen LogP contribution in [0.4, 0.5) is 10.8 Å². The number of benzene rings is 1. The van der Waals surface area contributed by atoms with Crippen molar-refractivity contribution in [2.45, 2.75) is 0 Å². The van der Waals surface area contributed by atoms with Crippen LogP contribution in [0.3, 0.4) is 0 Å². The van der Waals surface area contributed by atoms with Crippen LogP contribution < -0.4 is 9.62 Å². The molecule has 7 nitrogen and oxygen atoms in total. The number of hydrogen-bond donors (Lipinski definition) is 1. The summed E-state index contributed by atoms with van der Waals surface area (Å²) in [5.41, 5.74) is 2.51. The predicted molar refractivity (Wildman–Crippen MR) is 97.5 cm³/mol. The summed E-state index contributed by atoms with van der Waals surface area (Å²) in [7, 11) is -1.80. The van der Waals surface area contributed by atoms with Gasteiger partial charge in [0.2, 0.25) is 10.0 Å². The molecule has 1 N–H and O–H groups in total. The van der Waals surface area contributed by atoms with Crippen molar-refractivity contribution in [2.75, 3.05) is 22.9 Å². The Bertz CT molecular complexity index is 977. The van der Waals surface area contributed by atoms with E-state index >= 15 is 0 Å². The Morgan fingerprint density at radius 1 is 1.24 bits per heavy atom. The van der Waals surface area contributed by atoms with E-state index in [1.807, 2.05) is 5.38 Å². The lowest BCUT2D eigenvalue weighted by Crippen LogP contribution is -2.24. The first-order valence-corrected chi connectivity index (χ1v) is 9.91. The fraction of sp³-hybridized carbons (Fsp3) is 0.125. The van der Waals surface area contributed by atoms with Crippen molar-refractivity contribution in [3.63, 3.8) is 0 Å². The number of furan rings is 1. The van der Waals surface area contributed by atoms with Gasteiger partial charge >= 0.3 is 0 Å². The molecule has 0 spiro atoms. The monoisotopic (exact) mass is 377 g/mol. The van der Waals surface area contributed by atoms with E-state index in [9.17, 15) is 13.2 Å². The van der Waals surface area contributed by atoms with Crippen LogP contribution >= 0.6 is 11.3 Å². The summed E-state index contributed by atoms with van der Waals surface area (Å²) in [5.74, 6) is -0.292. The number of nitrogens with zero attached hydrogens (tertiary/aromatic N) is 2. The van der Waals surface area contributed by atoms with Gasteiger partial charge in [0.05, 0.1) is 29.5 Å². The van der Waals surface area contributed by atoms with Gasteiger partial charge in [0.1, 0.15) is 6.26 Å². The molecule has 0 saturated carbocycles. The lowest BCUT2D eigenvalue weighted by molar-refractivity contribution is 0.102. The molecule has 0 aliphatic heterocycles. The minimum absolute atomic E-state index is 0.292. The van der Waals surface area contributed by atoms with Gasteiger partial charge in [-0.05, 0) is 18.2 Å². The lowest BCUT2D eigenvalue weighted by Gasteiger charge is -2.16. The molecule has 9 heteroatoms. The smallest absolute Gasteiger partial charge is 0.260 e. The topological polar surface area (TPSA) is 92.5 Å². The average Bonchev–Trinajstić information content (AvgIpc) is 3.25. The molecule has 0 fully saturated rings. The summed E-state index contributed by atoms with van der Waals surface area (Å²) in [6.45, 7) is 0. The number of hydrogen-bond acceptors (Lipinski definition) is 6. The Morgan fingerprint density at radius 2 is 1.96 bits per heavy atom. The molecule has 1 aromatic carbocycles. The third-order valence-electron chi connectivity index (χ3n) is 3.53. The number of rotatable bonds is 5. The molecule has 0 atom stereocenters. The van der Waals surface area contributed by atoms with E-state index in [4.69, 9.17) is 4.42 Å². The van der Waals surface area contributed by atoms with Gasteiger partial charge in [0.25, 0.3) is 5.91 Å². The van der Waals surface area contributed by atoms with Crippen LogP contribution in [0, 0.1) is 0 Å². The normalized spacial score (nSPS) is 11.3. The third kappa shape index (κ3) is 3.89. The van der Waals surface area contributed by atoms with Crippen molar-refractivity contribution in [3.8, 4) is 11.3 Å². The number of anilines is 2. The van der Waals surface area contributed by atoms with Crippen LogP contribution in [-0.4, -0.2) is 32.6 Å². The van der Waals surface area contributed by atoms with Crippen LogP contribution in [0.25, 0.3) is 11.3 Å². The maximum Gasteiger partial charge on any atom is 0.260 e. The molecule has 0 saturated heterocycles. The number of sulfonamides is 1. The fourth-order valence-corrected chi connectivity index (χ4v) is 3.28. The highest BCUT2D eigenvalue weighted by Crippen LogP contribution is 2.27. The Morgan fingerprint density at radius 3 is 2.56 bits per heavy atom. The summed E-state index contributed by atoms with van der Waals surface area (Å²) < 4.78 is 29.2. The molecule has 0 unspecified atom stereocenters. The minimum Gasteiger partial charge on any atom is -0.472 e. The summed E-state index contributed by atoms with van der Waals surface area (Å²) in [5, 5.41) is 5.00. The van der Waals surface area contributed by atoms with E-state index in [1.54, 1.807) is 30.3 Å². The first-order valence-electron chi connectivity index (χ1n) is 7.18. The van der Waals surface area contributed by atoms with Gasteiger partial charge in [-0.3, -0.25) is 14.4 Å². The number of carbonyl (C=O) groups excluding carboxylic acids is 1. The number of nitrogens with one attached hydrogen (secondary N) is 1. The van der Waals surface area contributed by atoms with Crippen LogP contribution in [0.2, 0.25) is 0 Å². The molecule has 0 radical (unpaired) electrons. The van der Waals surface area contributed by atoms with Crippen LogP contribution in [0.1, 0.15) is 10.4 Å². The van der Waals surface area contributed by atoms with Gasteiger partial charge < -0.3 is 4.42 Å². The zero-order chi connectivity index (χ0) is 18.0. The highest BCUT2D eigenvalue weighted by Gasteiger charge is 2.13. The second-order valence-electron chi connectivity index (χ2n) is 5.28. The zero-order valence-electron chi connectivity index (χ0n) is 13.5. The van der Waals surface area contributed by atoms with E-state index in [1.165, 1.54) is 35.2 Å². The summed E-state index contributed by atoms with van der Waals surface area (Å²) in [6, 6.07) is 8.56. The van der Waals surface area contributed by atoms with E-state index in [-0.39, 0.29) is 5.91 Å². The molecule has 25 heavy (non-hydrogen) atoms. The van der Waals surface area contributed by atoms with Crippen molar-refractivity contribution >= 4 is 38.1 Å². The van der Waals surface area contributed by atoms with Crippen molar-refractivity contribution in [3.05, 3.63) is 53.8 Å². The molecule has 0 aliphatic rings. The van der Waals surface area contributed by atoms with E-state index in [2.05, 4.69) is 10.3 Å².